The van der Waals surface area contributed by atoms with E-state index in [0.29, 0.717) is 34.7 Å². The number of thioether (sulfide) groups is 1. The number of methoxy groups -OCH3 is 2. The number of aromatic nitrogens is 3. The first-order valence-electron chi connectivity index (χ1n) is 9.39. The average Bonchev–Trinajstić information content (AvgIpc) is 3.18. The summed E-state index contributed by atoms with van der Waals surface area (Å²) < 4.78 is 18.2. The van der Waals surface area contributed by atoms with Crippen molar-refractivity contribution in [2.24, 2.45) is 0 Å². The number of nitrogens with one attached hydrogen (secondary N) is 1. The summed E-state index contributed by atoms with van der Waals surface area (Å²) in [5, 5.41) is 12.0. The number of hydrogen-bond donors (Lipinski definition) is 1. The van der Waals surface area contributed by atoms with Gasteiger partial charge >= 0.3 is 0 Å². The van der Waals surface area contributed by atoms with Crippen molar-refractivity contribution in [3.63, 3.8) is 0 Å². The lowest BCUT2D eigenvalue weighted by molar-refractivity contribution is -0.113. The fourth-order valence-corrected chi connectivity index (χ4v) is 3.55. The van der Waals surface area contributed by atoms with Gasteiger partial charge in [-0.25, -0.2) is 0 Å². The van der Waals surface area contributed by atoms with Gasteiger partial charge in [0, 0.05) is 12.2 Å². The maximum atomic E-state index is 12.3. The lowest BCUT2D eigenvalue weighted by Crippen LogP contribution is -2.15. The lowest BCUT2D eigenvalue weighted by atomic mass is 10.3. The molecule has 1 amide bonds. The summed E-state index contributed by atoms with van der Waals surface area (Å²) in [4.78, 5) is 12.3. The molecule has 3 rings (SSSR count). The molecule has 0 radical (unpaired) electrons. The number of nitrogens with zero attached hydrogens (tertiary/aromatic N) is 3. The Balaban J connectivity index is 1.57. The van der Waals surface area contributed by atoms with E-state index in [1.165, 1.54) is 11.8 Å². The number of para-hydroxylation sites is 2. The van der Waals surface area contributed by atoms with Crippen molar-refractivity contribution in [3.05, 3.63) is 54.4 Å². The maximum absolute atomic E-state index is 12.3. The monoisotopic (exact) mass is 428 g/mol. The molecule has 0 spiro atoms. The van der Waals surface area contributed by atoms with Crippen molar-refractivity contribution in [1.29, 1.82) is 0 Å². The summed E-state index contributed by atoms with van der Waals surface area (Å²) >= 11 is 1.33. The second-order valence-electron chi connectivity index (χ2n) is 6.15. The van der Waals surface area contributed by atoms with Crippen molar-refractivity contribution in [3.8, 4) is 17.2 Å². The van der Waals surface area contributed by atoms with Crippen LogP contribution in [0.1, 0.15) is 12.7 Å². The minimum atomic E-state index is -0.123. The van der Waals surface area contributed by atoms with Crippen molar-refractivity contribution >= 4 is 23.4 Å². The number of carbonyl (C=O) groups excluding carboxylic acids is 1. The molecule has 0 fully saturated rings. The molecule has 0 aliphatic rings. The summed E-state index contributed by atoms with van der Waals surface area (Å²) in [5.74, 6) is 2.81. The maximum Gasteiger partial charge on any atom is 0.234 e. The third kappa shape index (κ3) is 5.44. The van der Waals surface area contributed by atoms with Crippen LogP contribution < -0.4 is 19.5 Å². The largest absolute Gasteiger partial charge is 0.497 e. The number of ether oxygens (including phenoxy) is 3. The van der Waals surface area contributed by atoms with Gasteiger partial charge in [-0.2, -0.15) is 0 Å². The van der Waals surface area contributed by atoms with Crippen LogP contribution in [0.2, 0.25) is 0 Å². The normalized spacial score (nSPS) is 10.5. The first-order valence-corrected chi connectivity index (χ1v) is 10.4. The molecule has 3 aromatic rings. The van der Waals surface area contributed by atoms with Gasteiger partial charge in [0.1, 0.15) is 12.4 Å². The van der Waals surface area contributed by atoms with Gasteiger partial charge < -0.3 is 24.1 Å². The number of carbonyl (C=O) groups is 1. The van der Waals surface area contributed by atoms with Gasteiger partial charge in [0.05, 0.1) is 20.0 Å². The Morgan fingerprint density at radius 3 is 2.43 bits per heavy atom. The molecular weight excluding hydrogens is 404 g/mol. The molecular formula is C21H24N4O4S. The topological polar surface area (TPSA) is 87.5 Å². The first-order chi connectivity index (χ1) is 14.6. The van der Waals surface area contributed by atoms with E-state index >= 15 is 0 Å². The molecule has 30 heavy (non-hydrogen) atoms. The number of rotatable bonds is 10. The van der Waals surface area contributed by atoms with E-state index in [1.54, 1.807) is 38.5 Å². The van der Waals surface area contributed by atoms with Crippen molar-refractivity contribution in [2.45, 2.75) is 25.2 Å². The Kier molecular flexibility index (Phi) is 7.56. The van der Waals surface area contributed by atoms with E-state index in [-0.39, 0.29) is 18.3 Å². The second-order valence-corrected chi connectivity index (χ2v) is 7.09. The molecule has 0 aliphatic heterocycles. The number of anilines is 1. The van der Waals surface area contributed by atoms with Crippen molar-refractivity contribution < 1.29 is 19.0 Å². The molecule has 9 heteroatoms. The molecule has 0 saturated carbocycles. The van der Waals surface area contributed by atoms with Gasteiger partial charge in [-0.05, 0) is 43.3 Å². The quantitative estimate of drug-likeness (QED) is 0.494. The zero-order valence-corrected chi connectivity index (χ0v) is 17.9. The highest BCUT2D eigenvalue weighted by Gasteiger charge is 2.14. The van der Waals surface area contributed by atoms with Crippen LogP contribution in [-0.4, -0.2) is 40.6 Å². The van der Waals surface area contributed by atoms with Crippen LogP contribution in [-0.2, 0) is 17.9 Å². The average molecular weight is 429 g/mol. The summed E-state index contributed by atoms with van der Waals surface area (Å²) in [7, 11) is 3.20. The van der Waals surface area contributed by atoms with E-state index in [1.807, 2.05) is 35.8 Å². The predicted molar refractivity (Wildman–Crippen MR) is 115 cm³/mol. The zero-order valence-electron chi connectivity index (χ0n) is 17.1. The highest BCUT2D eigenvalue weighted by Crippen LogP contribution is 2.27. The number of hydrogen-bond acceptors (Lipinski definition) is 7. The van der Waals surface area contributed by atoms with Gasteiger partial charge in [0.2, 0.25) is 5.91 Å². The van der Waals surface area contributed by atoms with Crippen LogP contribution in [0.3, 0.4) is 0 Å². The van der Waals surface area contributed by atoms with E-state index in [4.69, 9.17) is 14.2 Å². The van der Waals surface area contributed by atoms with Crippen LogP contribution in [0.25, 0.3) is 0 Å². The fraction of sp³-hybridized carbons (Fsp3) is 0.286. The number of benzene rings is 2. The van der Waals surface area contributed by atoms with Gasteiger partial charge in [0.15, 0.2) is 22.5 Å². The molecule has 2 aromatic carbocycles. The molecule has 1 aromatic heterocycles. The lowest BCUT2D eigenvalue weighted by Gasteiger charge is -2.11. The van der Waals surface area contributed by atoms with E-state index < -0.39 is 0 Å². The predicted octanol–water partition coefficient (Wildman–Crippen LogP) is 3.63. The fourth-order valence-electron chi connectivity index (χ4n) is 2.73. The molecule has 0 atom stereocenters. The van der Waals surface area contributed by atoms with Crippen molar-refractivity contribution in [2.75, 3.05) is 25.3 Å². The molecule has 0 aliphatic carbocycles. The SMILES string of the molecule is CCn1c(COc2ccccc2OC)nnc1SCC(=O)Nc1ccc(OC)cc1. The van der Waals surface area contributed by atoms with Crippen LogP contribution in [0, 0.1) is 0 Å². The summed E-state index contributed by atoms with van der Waals surface area (Å²) in [6, 6.07) is 14.6. The Morgan fingerprint density at radius 1 is 1.03 bits per heavy atom. The summed E-state index contributed by atoms with van der Waals surface area (Å²) in [6.45, 7) is 2.91. The molecule has 0 unspecified atom stereocenters. The molecule has 158 valence electrons. The van der Waals surface area contributed by atoms with Crippen LogP contribution in [0.4, 0.5) is 5.69 Å². The molecule has 1 N–H and O–H groups in total. The van der Waals surface area contributed by atoms with Crippen LogP contribution in [0.15, 0.2) is 53.7 Å². The van der Waals surface area contributed by atoms with E-state index in [2.05, 4.69) is 15.5 Å². The van der Waals surface area contributed by atoms with Gasteiger partial charge in [-0.3, -0.25) is 4.79 Å². The zero-order chi connectivity index (χ0) is 21.3. The van der Waals surface area contributed by atoms with E-state index in [0.717, 1.165) is 5.75 Å². The Morgan fingerprint density at radius 2 is 1.77 bits per heavy atom. The Bertz CT molecular complexity index is 975. The van der Waals surface area contributed by atoms with Gasteiger partial charge in [0.25, 0.3) is 0 Å². The Labute approximate surface area is 179 Å². The minimum absolute atomic E-state index is 0.123. The highest BCUT2D eigenvalue weighted by molar-refractivity contribution is 7.99. The third-order valence-electron chi connectivity index (χ3n) is 4.24. The second kappa shape index (κ2) is 10.5. The van der Waals surface area contributed by atoms with Gasteiger partial charge in [-0.1, -0.05) is 23.9 Å². The smallest absolute Gasteiger partial charge is 0.234 e. The van der Waals surface area contributed by atoms with Gasteiger partial charge in [-0.15, -0.1) is 10.2 Å². The number of amides is 1. The molecule has 8 nitrogen and oxygen atoms in total. The molecule has 0 bridgehead atoms. The first kappa shape index (κ1) is 21.5. The van der Waals surface area contributed by atoms with E-state index in [9.17, 15) is 4.79 Å². The summed E-state index contributed by atoms with van der Waals surface area (Å²) in [5.41, 5.74) is 0.712. The molecule has 1 heterocycles. The van der Waals surface area contributed by atoms with Crippen LogP contribution >= 0.6 is 11.8 Å². The Hall–Kier alpha value is -3.20. The minimum Gasteiger partial charge on any atom is -0.497 e. The van der Waals surface area contributed by atoms with Crippen LogP contribution in [0.5, 0.6) is 17.2 Å². The standard InChI is InChI=1S/C21H24N4O4S/c1-4-25-19(13-29-18-8-6-5-7-17(18)28-3)23-24-21(25)30-14-20(26)22-15-9-11-16(27-2)12-10-15/h5-12H,4,13-14H2,1-3H3,(H,22,26). The van der Waals surface area contributed by atoms with Crippen molar-refractivity contribution in [1.82, 2.24) is 14.8 Å². The highest BCUT2D eigenvalue weighted by atomic mass is 32.2. The summed E-state index contributed by atoms with van der Waals surface area (Å²) in [6.07, 6.45) is 0. The molecule has 0 saturated heterocycles. The third-order valence-corrected chi connectivity index (χ3v) is 5.21.